The average molecular weight is 476 g/mol. The van der Waals surface area contributed by atoms with Crippen LogP contribution in [-0.4, -0.2) is 33.5 Å². The lowest BCUT2D eigenvalue weighted by molar-refractivity contribution is -0.142. The predicted molar refractivity (Wildman–Crippen MR) is 138 cm³/mol. The maximum atomic E-state index is 11.5. The molecule has 0 aliphatic rings. The second-order valence-electron chi connectivity index (χ2n) is 9.96. The van der Waals surface area contributed by atoms with Crippen molar-refractivity contribution in [3.05, 3.63) is 89.0 Å². The summed E-state index contributed by atoms with van der Waals surface area (Å²) in [6.45, 7) is 13.8. The molecule has 0 N–H and O–H groups in total. The highest BCUT2D eigenvalue weighted by atomic mass is 16.5. The molecule has 6 nitrogen and oxygen atoms in total. The first kappa shape index (κ1) is 26.4. The first-order chi connectivity index (χ1) is 16.6. The third kappa shape index (κ3) is 7.89. The maximum absolute atomic E-state index is 11.5. The van der Waals surface area contributed by atoms with Crippen LogP contribution >= 0.6 is 0 Å². The van der Waals surface area contributed by atoms with Gasteiger partial charge in [-0.1, -0.05) is 81.4 Å². The molecule has 35 heavy (non-hydrogen) atoms. The average Bonchev–Trinajstić information content (AvgIpc) is 2.81. The molecule has 0 spiro atoms. The van der Waals surface area contributed by atoms with E-state index < -0.39 is 0 Å². The maximum Gasteiger partial charge on any atom is 0.303 e. The third-order valence-corrected chi connectivity index (χ3v) is 5.72. The number of ether oxygens (including phenoxy) is 2. The Labute approximate surface area is 209 Å². The number of hydrogen-bond donors (Lipinski definition) is 0. The summed E-state index contributed by atoms with van der Waals surface area (Å²) in [5.41, 5.74) is 3.66. The Hall–Kier alpha value is -3.25. The molecular weight excluding hydrogens is 438 g/mol. The van der Waals surface area contributed by atoms with Crippen LogP contribution in [0.25, 0.3) is 0 Å². The van der Waals surface area contributed by atoms with Gasteiger partial charge < -0.3 is 9.47 Å². The van der Waals surface area contributed by atoms with Crippen molar-refractivity contribution in [2.45, 2.75) is 72.7 Å². The van der Waals surface area contributed by atoms with Crippen molar-refractivity contribution in [1.82, 2.24) is 14.9 Å². The fourth-order valence-corrected chi connectivity index (χ4v) is 3.86. The molecule has 3 rings (SSSR count). The first-order valence-corrected chi connectivity index (χ1v) is 12.1. The number of carbonyl (C=O) groups excluding carboxylic acids is 1. The number of nitrogens with zero attached hydrogens (tertiary/aromatic N) is 3. The van der Waals surface area contributed by atoms with Crippen LogP contribution in [0.5, 0.6) is 5.75 Å². The molecule has 2 aromatic carbocycles. The van der Waals surface area contributed by atoms with E-state index in [1.165, 1.54) is 18.1 Å². The van der Waals surface area contributed by atoms with Crippen LogP contribution in [0.2, 0.25) is 0 Å². The molecule has 0 fully saturated rings. The fraction of sp³-hybridized carbons (Fsp3) is 0.414. The molecule has 6 heteroatoms. The van der Waals surface area contributed by atoms with Crippen molar-refractivity contribution in [1.29, 1.82) is 0 Å². The highest BCUT2D eigenvalue weighted by Crippen LogP contribution is 2.33. The number of rotatable bonds is 10. The van der Waals surface area contributed by atoms with Crippen molar-refractivity contribution < 1.29 is 14.3 Å². The normalized spacial score (nSPS) is 12.4. The molecule has 0 aliphatic heterocycles. The Morgan fingerprint density at radius 1 is 0.943 bits per heavy atom. The first-order valence-electron chi connectivity index (χ1n) is 12.1. The van der Waals surface area contributed by atoms with Crippen LogP contribution in [0, 0.1) is 6.92 Å². The minimum atomic E-state index is -0.352. The molecule has 1 atom stereocenters. The summed E-state index contributed by atoms with van der Waals surface area (Å²) >= 11 is 0. The molecule has 1 aromatic heterocycles. The minimum Gasteiger partial charge on any atom is -0.488 e. The Morgan fingerprint density at radius 3 is 1.97 bits per heavy atom. The van der Waals surface area contributed by atoms with E-state index >= 15 is 0 Å². The summed E-state index contributed by atoms with van der Waals surface area (Å²) < 4.78 is 11.7. The van der Waals surface area contributed by atoms with Gasteiger partial charge in [0, 0.05) is 31.5 Å². The van der Waals surface area contributed by atoms with Crippen LogP contribution in [0.3, 0.4) is 0 Å². The van der Waals surface area contributed by atoms with Crippen molar-refractivity contribution in [2.24, 2.45) is 0 Å². The van der Waals surface area contributed by atoms with Crippen molar-refractivity contribution >= 4 is 5.97 Å². The number of esters is 1. The second kappa shape index (κ2) is 11.9. The van der Waals surface area contributed by atoms with Gasteiger partial charge >= 0.3 is 5.97 Å². The van der Waals surface area contributed by atoms with E-state index in [1.54, 1.807) is 0 Å². The van der Waals surface area contributed by atoms with Crippen LogP contribution < -0.4 is 4.74 Å². The zero-order valence-electron chi connectivity index (χ0n) is 21.7. The number of carbonyl (C=O) groups is 1. The van der Waals surface area contributed by atoms with Gasteiger partial charge in [0.05, 0.1) is 5.69 Å². The van der Waals surface area contributed by atoms with Crippen molar-refractivity contribution in [3.8, 4) is 5.75 Å². The summed E-state index contributed by atoms with van der Waals surface area (Å²) in [5, 5.41) is 0. The molecular formula is C29H37N3O3. The van der Waals surface area contributed by atoms with E-state index in [2.05, 4.69) is 86.1 Å². The minimum absolute atomic E-state index is 0.0588. The third-order valence-electron chi connectivity index (χ3n) is 5.72. The fourth-order valence-electron chi connectivity index (χ4n) is 3.86. The predicted octanol–water partition coefficient (Wildman–Crippen LogP) is 5.62. The van der Waals surface area contributed by atoms with E-state index in [-0.39, 0.29) is 24.0 Å². The molecule has 0 saturated heterocycles. The molecule has 3 aromatic rings. The Kier molecular flexibility index (Phi) is 8.99. The molecule has 0 amide bonds. The van der Waals surface area contributed by atoms with E-state index in [0.717, 1.165) is 18.8 Å². The topological polar surface area (TPSA) is 64.5 Å². The van der Waals surface area contributed by atoms with Crippen LogP contribution in [0.15, 0.2) is 60.7 Å². The summed E-state index contributed by atoms with van der Waals surface area (Å²) in [7, 11) is 0. The Morgan fingerprint density at radius 2 is 1.49 bits per heavy atom. The second-order valence-corrected chi connectivity index (χ2v) is 9.96. The van der Waals surface area contributed by atoms with E-state index in [0.29, 0.717) is 23.9 Å². The van der Waals surface area contributed by atoms with Gasteiger partial charge in [-0.15, -0.1) is 0 Å². The van der Waals surface area contributed by atoms with Crippen LogP contribution in [-0.2, 0) is 34.6 Å². The molecule has 0 saturated carbocycles. The zero-order valence-corrected chi connectivity index (χ0v) is 21.7. The summed E-state index contributed by atoms with van der Waals surface area (Å²) in [4.78, 5) is 23.1. The van der Waals surface area contributed by atoms with Gasteiger partial charge in [0.15, 0.2) is 5.75 Å². The molecule has 1 heterocycles. The summed E-state index contributed by atoms with van der Waals surface area (Å²) in [5.74, 6) is 0.887. The lowest BCUT2D eigenvalue weighted by Gasteiger charge is -2.30. The van der Waals surface area contributed by atoms with Crippen LogP contribution in [0.4, 0.5) is 0 Å². The highest BCUT2D eigenvalue weighted by Gasteiger charge is 2.27. The standard InChI is InChI=1S/C29H37N3O3/c1-21(32(17-24-13-9-7-10-14-24)18-25-15-11-8-12-16-25)19-35-27-26(20-34-23(3)33)30-22(2)31-28(27)29(4,5)6/h7-16,21H,17-20H2,1-6H3/t21-/m0/s1. The monoisotopic (exact) mass is 475 g/mol. The SMILES string of the molecule is CC(=O)OCc1nc(C)nc(C(C)(C)C)c1OC[C@H](C)N(Cc1ccccc1)Cc1ccccc1. The number of aromatic nitrogens is 2. The molecule has 0 aliphatic carbocycles. The number of hydrogen-bond acceptors (Lipinski definition) is 6. The summed E-state index contributed by atoms with van der Waals surface area (Å²) in [6, 6.07) is 21.0. The number of benzene rings is 2. The van der Waals surface area contributed by atoms with Gasteiger partial charge in [-0.25, -0.2) is 9.97 Å². The highest BCUT2D eigenvalue weighted by molar-refractivity contribution is 5.66. The van der Waals surface area contributed by atoms with Crippen LogP contribution in [0.1, 0.15) is 63.0 Å². The number of aryl methyl sites for hydroxylation is 1. The summed E-state index contributed by atoms with van der Waals surface area (Å²) in [6.07, 6.45) is 0. The Bertz CT molecular complexity index is 1050. The molecule has 186 valence electrons. The van der Waals surface area contributed by atoms with Gasteiger partial charge in [0.2, 0.25) is 0 Å². The van der Waals surface area contributed by atoms with Gasteiger partial charge in [-0.2, -0.15) is 0 Å². The smallest absolute Gasteiger partial charge is 0.303 e. The zero-order chi connectivity index (χ0) is 25.4. The van der Waals surface area contributed by atoms with Crippen molar-refractivity contribution in [3.63, 3.8) is 0 Å². The van der Waals surface area contributed by atoms with Gasteiger partial charge in [-0.05, 0) is 25.0 Å². The lowest BCUT2D eigenvalue weighted by Crippen LogP contribution is -2.37. The van der Waals surface area contributed by atoms with Gasteiger partial charge in [0.1, 0.15) is 24.7 Å². The van der Waals surface area contributed by atoms with Crippen molar-refractivity contribution in [2.75, 3.05) is 6.61 Å². The quantitative estimate of drug-likeness (QED) is 0.355. The largest absolute Gasteiger partial charge is 0.488 e. The molecule has 0 bridgehead atoms. The van der Waals surface area contributed by atoms with Gasteiger partial charge in [0.25, 0.3) is 0 Å². The lowest BCUT2D eigenvalue weighted by atomic mass is 9.90. The van der Waals surface area contributed by atoms with E-state index in [1.807, 2.05) is 19.1 Å². The van der Waals surface area contributed by atoms with E-state index in [9.17, 15) is 4.79 Å². The molecule has 0 unspecified atom stereocenters. The Balaban J connectivity index is 1.86. The molecule has 0 radical (unpaired) electrons. The van der Waals surface area contributed by atoms with Gasteiger partial charge in [-0.3, -0.25) is 9.69 Å². The van der Waals surface area contributed by atoms with E-state index in [4.69, 9.17) is 14.5 Å².